The fourth-order valence-corrected chi connectivity index (χ4v) is 4.91. The summed E-state index contributed by atoms with van der Waals surface area (Å²) in [6.45, 7) is 1.07. The Labute approximate surface area is 155 Å². The molecule has 0 radical (unpaired) electrons. The van der Waals surface area contributed by atoms with Gasteiger partial charge in [0, 0.05) is 29.4 Å². The van der Waals surface area contributed by atoms with Crippen molar-refractivity contribution in [3.63, 3.8) is 0 Å². The molecule has 0 aliphatic carbocycles. The molecule has 134 valence electrons. The number of rotatable bonds is 5. The molecule has 6 nitrogen and oxygen atoms in total. The molecule has 25 heavy (non-hydrogen) atoms. The Balaban J connectivity index is 1.55. The van der Waals surface area contributed by atoms with Crippen LogP contribution < -0.4 is 5.32 Å². The van der Waals surface area contributed by atoms with Crippen molar-refractivity contribution in [2.45, 2.75) is 24.3 Å². The first kappa shape index (κ1) is 18.3. The van der Waals surface area contributed by atoms with Crippen molar-refractivity contribution in [1.29, 1.82) is 0 Å². The van der Waals surface area contributed by atoms with Crippen LogP contribution in [0.1, 0.15) is 18.5 Å². The van der Waals surface area contributed by atoms with Gasteiger partial charge in [0.25, 0.3) is 0 Å². The molecule has 1 aromatic heterocycles. The molecule has 0 unspecified atom stereocenters. The number of nitrogens with one attached hydrogen (secondary N) is 1. The third-order valence-corrected chi connectivity index (χ3v) is 7.00. The molecule has 1 aromatic carbocycles. The van der Waals surface area contributed by atoms with E-state index in [1.807, 2.05) is 5.38 Å². The van der Waals surface area contributed by atoms with E-state index in [9.17, 15) is 13.2 Å². The summed E-state index contributed by atoms with van der Waals surface area (Å²) in [6, 6.07) is 6.13. The molecular formula is C16H18ClN3O3S2. The van der Waals surface area contributed by atoms with Crippen molar-refractivity contribution in [2.24, 2.45) is 5.92 Å². The van der Waals surface area contributed by atoms with E-state index >= 15 is 0 Å². The first-order chi connectivity index (χ1) is 12.0. The van der Waals surface area contributed by atoms with Gasteiger partial charge in [-0.1, -0.05) is 11.6 Å². The van der Waals surface area contributed by atoms with Crippen molar-refractivity contribution in [3.05, 3.63) is 45.9 Å². The third kappa shape index (κ3) is 4.38. The van der Waals surface area contributed by atoms with Crippen LogP contribution in [0, 0.1) is 5.92 Å². The zero-order valence-electron chi connectivity index (χ0n) is 13.4. The second kappa shape index (κ2) is 7.82. The van der Waals surface area contributed by atoms with Crippen molar-refractivity contribution in [1.82, 2.24) is 14.6 Å². The Morgan fingerprint density at radius 1 is 1.28 bits per heavy atom. The highest BCUT2D eigenvalue weighted by Crippen LogP contribution is 2.25. The zero-order chi connectivity index (χ0) is 17.9. The number of carbonyl (C=O) groups excluding carboxylic acids is 1. The smallest absolute Gasteiger partial charge is 0.243 e. The summed E-state index contributed by atoms with van der Waals surface area (Å²) in [4.78, 5) is 16.6. The number of carbonyl (C=O) groups is 1. The predicted octanol–water partition coefficient (Wildman–Crippen LogP) is 2.51. The largest absolute Gasteiger partial charge is 0.350 e. The Kier molecular flexibility index (Phi) is 5.73. The van der Waals surface area contributed by atoms with E-state index in [-0.39, 0.29) is 16.7 Å². The maximum absolute atomic E-state index is 12.6. The Hall–Kier alpha value is -1.48. The lowest BCUT2D eigenvalue weighted by atomic mass is 9.97. The van der Waals surface area contributed by atoms with Gasteiger partial charge in [-0.25, -0.2) is 13.4 Å². The summed E-state index contributed by atoms with van der Waals surface area (Å²) in [7, 11) is -3.54. The van der Waals surface area contributed by atoms with Gasteiger partial charge in [-0.05, 0) is 37.1 Å². The molecular weight excluding hydrogens is 382 g/mol. The second-order valence-electron chi connectivity index (χ2n) is 5.83. The van der Waals surface area contributed by atoms with Crippen LogP contribution in [0.15, 0.2) is 40.1 Å². The van der Waals surface area contributed by atoms with Crippen LogP contribution in [-0.4, -0.2) is 36.7 Å². The molecule has 1 saturated heterocycles. The first-order valence-corrected chi connectivity index (χ1v) is 10.6. The van der Waals surface area contributed by atoms with Crippen LogP contribution in [0.5, 0.6) is 0 Å². The molecule has 2 aromatic rings. The van der Waals surface area contributed by atoms with Gasteiger partial charge in [-0.2, -0.15) is 4.31 Å². The van der Waals surface area contributed by atoms with Crippen LogP contribution in [-0.2, 0) is 21.4 Å². The van der Waals surface area contributed by atoms with Crippen molar-refractivity contribution in [3.8, 4) is 0 Å². The van der Waals surface area contributed by atoms with Crippen molar-refractivity contribution < 1.29 is 13.2 Å². The van der Waals surface area contributed by atoms with Crippen LogP contribution in [0.3, 0.4) is 0 Å². The summed E-state index contributed by atoms with van der Waals surface area (Å²) in [5.74, 6) is -0.216. The number of hydrogen-bond acceptors (Lipinski definition) is 5. The van der Waals surface area contributed by atoms with Gasteiger partial charge in [0.15, 0.2) is 0 Å². The highest BCUT2D eigenvalue weighted by Gasteiger charge is 2.31. The van der Waals surface area contributed by atoms with Gasteiger partial charge < -0.3 is 5.32 Å². The lowest BCUT2D eigenvalue weighted by Crippen LogP contribution is -2.42. The molecule has 1 amide bonds. The summed E-state index contributed by atoms with van der Waals surface area (Å²) in [6.07, 6.45) is 1.02. The minimum absolute atomic E-state index is 0.0449. The summed E-state index contributed by atoms with van der Waals surface area (Å²) >= 11 is 7.30. The summed E-state index contributed by atoms with van der Waals surface area (Å²) < 4.78 is 26.7. The van der Waals surface area contributed by atoms with E-state index in [0.717, 1.165) is 5.69 Å². The third-order valence-electron chi connectivity index (χ3n) is 4.20. The fraction of sp³-hybridized carbons (Fsp3) is 0.375. The first-order valence-electron chi connectivity index (χ1n) is 7.87. The number of thiazole rings is 1. The average Bonchev–Trinajstić information content (AvgIpc) is 3.14. The van der Waals surface area contributed by atoms with Crippen LogP contribution >= 0.6 is 22.9 Å². The maximum atomic E-state index is 12.6. The van der Waals surface area contributed by atoms with E-state index in [1.165, 1.54) is 27.8 Å². The van der Waals surface area contributed by atoms with Crippen LogP contribution in [0.2, 0.25) is 5.02 Å². The number of piperidine rings is 1. The minimum Gasteiger partial charge on any atom is -0.350 e. The van der Waals surface area contributed by atoms with Crippen LogP contribution in [0.25, 0.3) is 0 Å². The lowest BCUT2D eigenvalue weighted by molar-refractivity contribution is -0.126. The highest BCUT2D eigenvalue weighted by molar-refractivity contribution is 7.89. The molecule has 0 saturated carbocycles. The molecule has 3 rings (SSSR count). The normalized spacial score (nSPS) is 16.7. The molecule has 0 bridgehead atoms. The number of aromatic nitrogens is 1. The monoisotopic (exact) mass is 399 g/mol. The Morgan fingerprint density at radius 3 is 2.56 bits per heavy atom. The standard InChI is InChI=1S/C16H18ClN3O3S2/c17-13-1-3-15(4-2-13)25(22,23)20-7-5-12(6-8-20)16(21)18-9-14-10-24-11-19-14/h1-4,10-12H,5-9H2,(H,18,21). The molecule has 1 fully saturated rings. The SMILES string of the molecule is O=C(NCc1cscn1)C1CCN(S(=O)(=O)c2ccc(Cl)cc2)CC1. The molecule has 1 aliphatic rings. The number of sulfonamides is 1. The number of halogens is 1. The lowest BCUT2D eigenvalue weighted by Gasteiger charge is -2.30. The predicted molar refractivity (Wildman–Crippen MR) is 96.9 cm³/mol. The number of amides is 1. The topological polar surface area (TPSA) is 79.4 Å². The van der Waals surface area contributed by atoms with Crippen molar-refractivity contribution >= 4 is 38.9 Å². The molecule has 2 heterocycles. The fourth-order valence-electron chi connectivity index (χ4n) is 2.76. The minimum atomic E-state index is -3.54. The molecule has 1 N–H and O–H groups in total. The molecule has 0 spiro atoms. The van der Waals surface area contributed by atoms with E-state index in [0.29, 0.717) is 37.5 Å². The van der Waals surface area contributed by atoms with E-state index < -0.39 is 10.0 Å². The average molecular weight is 400 g/mol. The zero-order valence-corrected chi connectivity index (χ0v) is 15.8. The Bertz CT molecular complexity index is 815. The maximum Gasteiger partial charge on any atom is 0.243 e. The second-order valence-corrected chi connectivity index (χ2v) is 8.92. The van der Waals surface area contributed by atoms with Gasteiger partial charge >= 0.3 is 0 Å². The van der Waals surface area contributed by atoms with Gasteiger partial charge in [-0.3, -0.25) is 4.79 Å². The van der Waals surface area contributed by atoms with Gasteiger partial charge in [0.2, 0.25) is 15.9 Å². The molecule has 1 aliphatic heterocycles. The number of hydrogen-bond donors (Lipinski definition) is 1. The van der Waals surface area contributed by atoms with Gasteiger partial charge in [-0.15, -0.1) is 11.3 Å². The van der Waals surface area contributed by atoms with Crippen LogP contribution in [0.4, 0.5) is 0 Å². The summed E-state index contributed by atoms with van der Waals surface area (Å²) in [5.41, 5.74) is 2.56. The molecule has 0 atom stereocenters. The number of benzene rings is 1. The van der Waals surface area contributed by atoms with Gasteiger partial charge in [0.1, 0.15) is 0 Å². The number of nitrogens with zero attached hydrogens (tertiary/aromatic N) is 2. The highest BCUT2D eigenvalue weighted by atomic mass is 35.5. The van der Waals surface area contributed by atoms with E-state index in [4.69, 9.17) is 11.6 Å². The van der Waals surface area contributed by atoms with Crippen molar-refractivity contribution in [2.75, 3.05) is 13.1 Å². The molecule has 9 heteroatoms. The Morgan fingerprint density at radius 2 is 1.96 bits per heavy atom. The van der Waals surface area contributed by atoms with E-state index in [1.54, 1.807) is 17.6 Å². The summed E-state index contributed by atoms with van der Waals surface area (Å²) in [5, 5.41) is 5.25. The quantitative estimate of drug-likeness (QED) is 0.837. The van der Waals surface area contributed by atoms with Gasteiger partial charge in [0.05, 0.1) is 22.6 Å². The van der Waals surface area contributed by atoms with E-state index in [2.05, 4.69) is 10.3 Å².